The third kappa shape index (κ3) is 3.60. The Hall–Kier alpha value is -1.82. The van der Waals surface area contributed by atoms with Gasteiger partial charge >= 0.3 is 0 Å². The molecule has 2 rings (SSSR count). The Kier molecular flexibility index (Phi) is 4.79. The Labute approximate surface area is 119 Å². The molecule has 0 saturated heterocycles. The number of anilines is 2. The van der Waals surface area contributed by atoms with Gasteiger partial charge in [-0.15, -0.1) is 0 Å². The molecule has 0 bridgehead atoms. The summed E-state index contributed by atoms with van der Waals surface area (Å²) in [6.45, 7) is 6.68. The van der Waals surface area contributed by atoms with Crippen molar-refractivity contribution in [2.45, 2.75) is 46.1 Å². The number of rotatable bonds is 7. The summed E-state index contributed by atoms with van der Waals surface area (Å²) >= 11 is 0. The summed E-state index contributed by atoms with van der Waals surface area (Å²) in [7, 11) is 0. The third-order valence-electron chi connectivity index (χ3n) is 3.32. The first kappa shape index (κ1) is 14.6. The van der Waals surface area contributed by atoms with Crippen LogP contribution in [0.2, 0.25) is 0 Å². The van der Waals surface area contributed by atoms with Gasteiger partial charge in [0.2, 0.25) is 0 Å². The maximum Gasteiger partial charge on any atom is 0.180 e. The molecule has 0 spiro atoms. The van der Waals surface area contributed by atoms with Gasteiger partial charge in [-0.25, -0.2) is 15.8 Å². The van der Waals surface area contributed by atoms with Gasteiger partial charge in [-0.3, -0.25) is 0 Å². The molecule has 0 aliphatic rings. The first-order valence-corrected chi connectivity index (χ1v) is 7.17. The predicted molar refractivity (Wildman–Crippen MR) is 82.6 cm³/mol. The maximum absolute atomic E-state index is 5.45. The molecule has 1 unspecified atom stereocenters. The molecule has 1 atom stereocenters. The molecule has 0 amide bonds. The summed E-state index contributed by atoms with van der Waals surface area (Å²) in [4.78, 5) is 8.77. The van der Waals surface area contributed by atoms with Crippen LogP contribution >= 0.6 is 0 Å². The van der Waals surface area contributed by atoms with Crippen molar-refractivity contribution in [2.24, 2.45) is 11.8 Å². The van der Waals surface area contributed by atoms with E-state index in [1.54, 1.807) is 6.20 Å². The highest BCUT2D eigenvalue weighted by molar-refractivity contribution is 5.65. The fourth-order valence-electron chi connectivity index (χ4n) is 2.24. The van der Waals surface area contributed by atoms with E-state index in [0.717, 1.165) is 23.8 Å². The topological polar surface area (TPSA) is 80.3 Å². The smallest absolute Gasteiger partial charge is 0.180 e. The minimum Gasteiger partial charge on any atom is -0.364 e. The number of hydrazine groups is 1. The molecule has 6 heteroatoms. The van der Waals surface area contributed by atoms with Crippen molar-refractivity contribution in [2.75, 3.05) is 10.7 Å². The Bertz CT molecular complexity index is 548. The zero-order valence-electron chi connectivity index (χ0n) is 12.4. The van der Waals surface area contributed by atoms with E-state index in [1.807, 2.05) is 16.8 Å². The van der Waals surface area contributed by atoms with Crippen molar-refractivity contribution >= 4 is 17.3 Å². The maximum atomic E-state index is 5.45. The van der Waals surface area contributed by atoms with Crippen molar-refractivity contribution in [1.82, 2.24) is 14.4 Å². The highest BCUT2D eigenvalue weighted by Gasteiger charge is 2.10. The van der Waals surface area contributed by atoms with Crippen LogP contribution in [0.4, 0.5) is 11.6 Å². The number of nitrogens with one attached hydrogen (secondary N) is 2. The Morgan fingerprint density at radius 1 is 1.30 bits per heavy atom. The zero-order chi connectivity index (χ0) is 14.5. The second-order valence-electron chi connectivity index (χ2n) is 5.65. The number of aromatic nitrogens is 3. The largest absolute Gasteiger partial charge is 0.364 e. The fraction of sp³-hybridized carbons (Fsp3) is 0.571. The van der Waals surface area contributed by atoms with Gasteiger partial charge in [0.15, 0.2) is 17.3 Å². The molecule has 20 heavy (non-hydrogen) atoms. The van der Waals surface area contributed by atoms with Gasteiger partial charge in [0.05, 0.1) is 6.20 Å². The molecule has 2 aromatic heterocycles. The average molecular weight is 276 g/mol. The van der Waals surface area contributed by atoms with Crippen LogP contribution < -0.4 is 16.6 Å². The highest BCUT2D eigenvalue weighted by atomic mass is 15.3. The molecule has 0 fully saturated rings. The van der Waals surface area contributed by atoms with Crippen molar-refractivity contribution in [3.63, 3.8) is 0 Å². The van der Waals surface area contributed by atoms with E-state index in [9.17, 15) is 0 Å². The standard InChI is InChI=1S/C14H24N6/c1-10(2)5-4-6-11(3)17-13-14-16-7-8-20(14)9-12(18-13)19-15/h7-11,19H,4-6,15H2,1-3H3,(H,17,18). The van der Waals surface area contributed by atoms with Gasteiger partial charge in [-0.1, -0.05) is 26.7 Å². The van der Waals surface area contributed by atoms with Gasteiger partial charge < -0.3 is 15.1 Å². The van der Waals surface area contributed by atoms with Crippen LogP contribution in [0.5, 0.6) is 0 Å². The monoisotopic (exact) mass is 276 g/mol. The summed E-state index contributed by atoms with van der Waals surface area (Å²) < 4.78 is 1.91. The first-order valence-electron chi connectivity index (χ1n) is 7.17. The van der Waals surface area contributed by atoms with E-state index in [-0.39, 0.29) is 0 Å². The number of fused-ring (bicyclic) bond motifs is 1. The lowest BCUT2D eigenvalue weighted by Crippen LogP contribution is -2.18. The minimum absolute atomic E-state index is 0.356. The number of hydrogen-bond acceptors (Lipinski definition) is 5. The highest BCUT2D eigenvalue weighted by Crippen LogP contribution is 2.18. The molecule has 0 saturated carbocycles. The lowest BCUT2D eigenvalue weighted by atomic mass is 10.0. The number of imidazole rings is 1. The SMILES string of the molecule is CC(C)CCCC(C)Nc1nc(NN)cn2ccnc12. The van der Waals surface area contributed by atoms with Gasteiger partial charge in [-0.05, 0) is 19.3 Å². The third-order valence-corrected chi connectivity index (χ3v) is 3.32. The average Bonchev–Trinajstić information content (AvgIpc) is 2.86. The zero-order valence-corrected chi connectivity index (χ0v) is 12.4. The second kappa shape index (κ2) is 6.56. The number of hydrogen-bond donors (Lipinski definition) is 3. The molecule has 6 nitrogen and oxygen atoms in total. The number of nitrogens with two attached hydrogens (primary N) is 1. The first-order chi connectivity index (χ1) is 9.60. The Balaban J connectivity index is 2.06. The molecule has 0 radical (unpaired) electrons. The summed E-state index contributed by atoms with van der Waals surface area (Å²) in [6.07, 6.45) is 9.04. The molecular weight excluding hydrogens is 252 g/mol. The van der Waals surface area contributed by atoms with Gasteiger partial charge in [0.1, 0.15) is 0 Å². The fourth-order valence-corrected chi connectivity index (χ4v) is 2.24. The Morgan fingerprint density at radius 2 is 2.10 bits per heavy atom. The molecule has 2 heterocycles. The van der Waals surface area contributed by atoms with Crippen molar-refractivity contribution in [1.29, 1.82) is 0 Å². The lowest BCUT2D eigenvalue weighted by molar-refractivity contribution is 0.520. The summed E-state index contributed by atoms with van der Waals surface area (Å²) in [5, 5.41) is 3.43. The van der Waals surface area contributed by atoms with Crippen LogP contribution in [-0.4, -0.2) is 20.4 Å². The molecule has 2 aromatic rings. The number of nitrogens with zero attached hydrogens (tertiary/aromatic N) is 3. The normalized spacial score (nSPS) is 12.8. The van der Waals surface area contributed by atoms with E-state index >= 15 is 0 Å². The molecule has 0 aromatic carbocycles. The van der Waals surface area contributed by atoms with Crippen molar-refractivity contribution < 1.29 is 0 Å². The van der Waals surface area contributed by atoms with Crippen LogP contribution in [0.25, 0.3) is 5.65 Å². The Morgan fingerprint density at radius 3 is 2.80 bits per heavy atom. The van der Waals surface area contributed by atoms with Crippen LogP contribution in [0.15, 0.2) is 18.6 Å². The summed E-state index contributed by atoms with van der Waals surface area (Å²) in [5.41, 5.74) is 3.40. The lowest BCUT2D eigenvalue weighted by Gasteiger charge is -2.16. The van der Waals surface area contributed by atoms with Crippen LogP contribution in [0.1, 0.15) is 40.0 Å². The molecular formula is C14H24N6. The van der Waals surface area contributed by atoms with Crippen molar-refractivity contribution in [3.05, 3.63) is 18.6 Å². The molecule has 110 valence electrons. The van der Waals surface area contributed by atoms with Crippen LogP contribution in [0.3, 0.4) is 0 Å². The minimum atomic E-state index is 0.356. The van der Waals surface area contributed by atoms with Gasteiger partial charge in [0, 0.05) is 18.4 Å². The van der Waals surface area contributed by atoms with E-state index in [0.29, 0.717) is 11.9 Å². The number of nitrogen functional groups attached to an aromatic ring is 1. The second-order valence-corrected chi connectivity index (χ2v) is 5.65. The van der Waals surface area contributed by atoms with E-state index in [1.165, 1.54) is 12.8 Å². The predicted octanol–water partition coefficient (Wildman–Crippen LogP) is 2.64. The summed E-state index contributed by atoms with van der Waals surface area (Å²) in [6, 6.07) is 0.356. The van der Waals surface area contributed by atoms with Crippen LogP contribution in [-0.2, 0) is 0 Å². The van der Waals surface area contributed by atoms with E-state index in [4.69, 9.17) is 5.84 Å². The molecule has 0 aliphatic heterocycles. The van der Waals surface area contributed by atoms with Gasteiger partial charge in [-0.2, -0.15) is 0 Å². The van der Waals surface area contributed by atoms with E-state index < -0.39 is 0 Å². The van der Waals surface area contributed by atoms with E-state index in [2.05, 4.69) is 41.5 Å². The van der Waals surface area contributed by atoms with Crippen molar-refractivity contribution in [3.8, 4) is 0 Å². The molecule has 4 N–H and O–H groups in total. The van der Waals surface area contributed by atoms with Gasteiger partial charge in [0.25, 0.3) is 0 Å². The summed E-state index contributed by atoms with van der Waals surface area (Å²) in [5.74, 6) is 7.59. The van der Waals surface area contributed by atoms with Crippen LogP contribution in [0, 0.1) is 5.92 Å². The molecule has 0 aliphatic carbocycles. The quantitative estimate of drug-likeness (QED) is 0.535.